The zero-order chi connectivity index (χ0) is 16.4. The van der Waals surface area contributed by atoms with Crippen LogP contribution in [0.25, 0.3) is 0 Å². The highest BCUT2D eigenvalue weighted by atomic mass is 35.5. The Morgan fingerprint density at radius 1 is 1.24 bits per heavy atom. The number of amides is 1. The number of aliphatic carboxylic acids is 1. The summed E-state index contributed by atoms with van der Waals surface area (Å²) in [6.07, 6.45) is 0. The summed E-state index contributed by atoms with van der Waals surface area (Å²) >= 11 is 30.5. The number of alkyl halides is 3. The van der Waals surface area contributed by atoms with E-state index in [1.54, 1.807) is 6.07 Å². The van der Waals surface area contributed by atoms with Gasteiger partial charge in [-0.05, 0) is 12.1 Å². The van der Waals surface area contributed by atoms with E-state index < -0.39 is 20.5 Å². The minimum absolute atomic E-state index is 0.141. The van der Waals surface area contributed by atoms with Crippen LogP contribution in [-0.2, 0) is 9.59 Å². The maximum absolute atomic E-state index is 11.4. The van der Waals surface area contributed by atoms with Crippen molar-refractivity contribution in [2.75, 3.05) is 0 Å². The minimum Gasteiger partial charge on any atom is -0.478 e. The summed E-state index contributed by atoms with van der Waals surface area (Å²) in [5.74, 6) is -2.33. The molecule has 4 nitrogen and oxygen atoms in total. The van der Waals surface area contributed by atoms with E-state index in [-0.39, 0.29) is 10.0 Å². The fourth-order valence-electron chi connectivity index (χ4n) is 1.26. The Kier molecular flexibility index (Phi) is 6.36. The topological polar surface area (TPSA) is 66.4 Å². The molecular formula is C11H8Cl5NO3S. The molecule has 0 aliphatic heterocycles. The third kappa shape index (κ3) is 4.24. The Balaban J connectivity index is 3.21. The van der Waals surface area contributed by atoms with Gasteiger partial charge in [0, 0.05) is 11.8 Å². The number of nitrogens with one attached hydrogen (secondary N) is 1. The standard InChI is InChI=1S/C11H8Cl5NO3S/c1-5(18)17-10(14,9(19)20)11(15,16)21-7-4-2-3-6(12)8(7)13/h2-4H,1H3,(H,17,18)(H,19,20)/t10-/m1/s1. The van der Waals surface area contributed by atoms with Crippen molar-refractivity contribution in [3.8, 4) is 0 Å². The fraction of sp³-hybridized carbons (Fsp3) is 0.273. The normalized spacial score (nSPS) is 14.4. The number of rotatable bonds is 5. The molecule has 0 radical (unpaired) electrons. The van der Waals surface area contributed by atoms with Gasteiger partial charge in [0.15, 0.2) is 0 Å². The lowest BCUT2D eigenvalue weighted by molar-refractivity contribution is -0.143. The van der Waals surface area contributed by atoms with Gasteiger partial charge in [-0.25, -0.2) is 4.79 Å². The SMILES string of the molecule is CC(=O)N[C@](Cl)(C(=O)O)C(Cl)(Cl)Sc1cccc(Cl)c1Cl. The van der Waals surface area contributed by atoms with Crippen LogP contribution in [-0.4, -0.2) is 25.6 Å². The molecule has 116 valence electrons. The fourth-order valence-corrected chi connectivity index (χ4v) is 3.64. The molecule has 1 aromatic carbocycles. The second-order valence-electron chi connectivity index (χ2n) is 3.82. The third-order valence-corrected chi connectivity index (χ3v) is 6.13. The van der Waals surface area contributed by atoms with Gasteiger partial charge in [0.05, 0.1) is 10.0 Å². The number of benzene rings is 1. The summed E-state index contributed by atoms with van der Waals surface area (Å²) in [4.78, 5) is 20.4. The van der Waals surface area contributed by atoms with Crippen LogP contribution in [0.1, 0.15) is 6.92 Å². The van der Waals surface area contributed by atoms with Crippen molar-refractivity contribution in [2.45, 2.75) is 20.5 Å². The zero-order valence-corrected chi connectivity index (χ0v) is 14.9. The highest BCUT2D eigenvalue weighted by Gasteiger charge is 2.56. The summed E-state index contributed by atoms with van der Waals surface area (Å²) in [5.41, 5.74) is 0. The third-order valence-electron chi connectivity index (χ3n) is 2.20. The van der Waals surface area contributed by atoms with E-state index in [1.807, 2.05) is 5.32 Å². The Morgan fingerprint density at radius 3 is 2.29 bits per heavy atom. The number of thioether (sulfide) groups is 1. The van der Waals surface area contributed by atoms with Gasteiger partial charge in [-0.2, -0.15) is 0 Å². The Morgan fingerprint density at radius 2 is 1.81 bits per heavy atom. The largest absolute Gasteiger partial charge is 0.478 e. The van der Waals surface area contributed by atoms with Gasteiger partial charge < -0.3 is 10.4 Å². The second kappa shape index (κ2) is 7.02. The van der Waals surface area contributed by atoms with Crippen LogP contribution in [0.5, 0.6) is 0 Å². The summed E-state index contributed by atoms with van der Waals surface area (Å²) in [5, 5.41) is 11.6. The maximum Gasteiger partial charge on any atom is 0.349 e. The lowest BCUT2D eigenvalue weighted by Crippen LogP contribution is -2.59. The monoisotopic (exact) mass is 409 g/mol. The molecule has 0 fully saturated rings. The summed E-state index contributed by atoms with van der Waals surface area (Å²) in [6.45, 7) is 1.08. The van der Waals surface area contributed by atoms with Crippen molar-refractivity contribution < 1.29 is 14.7 Å². The summed E-state index contributed by atoms with van der Waals surface area (Å²) in [6, 6.07) is 4.65. The van der Waals surface area contributed by atoms with Gasteiger partial charge in [-0.3, -0.25) is 4.79 Å². The van der Waals surface area contributed by atoms with E-state index in [9.17, 15) is 14.7 Å². The Hall–Kier alpha value is -0.0400. The quantitative estimate of drug-likeness (QED) is 0.429. The van der Waals surface area contributed by atoms with E-state index >= 15 is 0 Å². The van der Waals surface area contributed by atoms with Crippen LogP contribution in [0.3, 0.4) is 0 Å². The van der Waals surface area contributed by atoms with Gasteiger partial charge in [0.1, 0.15) is 0 Å². The Bertz CT molecular complexity index is 583. The van der Waals surface area contributed by atoms with Crippen LogP contribution in [0, 0.1) is 0 Å². The molecule has 0 saturated carbocycles. The average molecular weight is 412 g/mol. The van der Waals surface area contributed by atoms with Crippen LogP contribution in [0.2, 0.25) is 10.0 Å². The Labute approximate surface area is 150 Å². The molecule has 0 heterocycles. The molecule has 0 unspecified atom stereocenters. The highest BCUT2D eigenvalue weighted by Crippen LogP contribution is 2.52. The van der Waals surface area contributed by atoms with Gasteiger partial charge in [-0.15, -0.1) is 0 Å². The molecule has 1 aromatic rings. The average Bonchev–Trinajstić information content (AvgIpc) is 2.33. The van der Waals surface area contributed by atoms with Crippen molar-refractivity contribution in [3.63, 3.8) is 0 Å². The van der Waals surface area contributed by atoms with Crippen molar-refractivity contribution in [3.05, 3.63) is 28.2 Å². The molecule has 0 saturated heterocycles. The van der Waals surface area contributed by atoms with Crippen LogP contribution >= 0.6 is 69.8 Å². The number of carbonyl (C=O) groups is 2. The molecule has 21 heavy (non-hydrogen) atoms. The number of halogens is 5. The van der Waals surface area contributed by atoms with Gasteiger partial charge >= 0.3 is 5.97 Å². The summed E-state index contributed by atoms with van der Waals surface area (Å²) < 4.78 is -2.15. The smallest absolute Gasteiger partial charge is 0.349 e. The van der Waals surface area contributed by atoms with Crippen LogP contribution < -0.4 is 5.32 Å². The molecule has 10 heteroatoms. The van der Waals surface area contributed by atoms with Crippen molar-refractivity contribution in [2.24, 2.45) is 0 Å². The van der Waals surface area contributed by atoms with E-state index in [2.05, 4.69) is 0 Å². The van der Waals surface area contributed by atoms with Crippen LogP contribution in [0.15, 0.2) is 23.1 Å². The second-order valence-corrected chi connectivity index (χ2v) is 8.20. The molecule has 0 bridgehead atoms. The van der Waals surface area contributed by atoms with E-state index in [0.29, 0.717) is 16.7 Å². The van der Waals surface area contributed by atoms with E-state index in [1.165, 1.54) is 12.1 Å². The minimum atomic E-state index is -2.46. The van der Waals surface area contributed by atoms with Crippen molar-refractivity contribution in [1.29, 1.82) is 0 Å². The van der Waals surface area contributed by atoms with Crippen molar-refractivity contribution >= 4 is 81.6 Å². The van der Waals surface area contributed by atoms with Crippen molar-refractivity contribution in [1.82, 2.24) is 5.32 Å². The first-order chi connectivity index (χ1) is 9.51. The number of carboxylic acid groups (broad SMARTS) is 1. The molecule has 0 spiro atoms. The first-order valence-corrected chi connectivity index (χ1v) is 7.94. The molecule has 0 aliphatic rings. The molecule has 1 atom stereocenters. The number of hydrogen-bond donors (Lipinski definition) is 2. The van der Waals surface area contributed by atoms with E-state index in [4.69, 9.17) is 58.0 Å². The maximum atomic E-state index is 11.4. The molecule has 0 aromatic heterocycles. The van der Waals surface area contributed by atoms with Gasteiger partial charge in [0.2, 0.25) is 9.57 Å². The molecule has 0 aliphatic carbocycles. The predicted octanol–water partition coefficient (Wildman–Crippen LogP) is 4.37. The summed E-state index contributed by atoms with van der Waals surface area (Å²) in [7, 11) is 0. The number of hydrogen-bond acceptors (Lipinski definition) is 3. The first kappa shape index (κ1) is 19.0. The molecule has 1 amide bonds. The number of carboxylic acids is 1. The van der Waals surface area contributed by atoms with E-state index in [0.717, 1.165) is 6.92 Å². The zero-order valence-electron chi connectivity index (χ0n) is 10.3. The molecule has 2 N–H and O–H groups in total. The molecule has 1 rings (SSSR count). The van der Waals surface area contributed by atoms with Gasteiger partial charge in [0.25, 0.3) is 5.00 Å². The predicted molar refractivity (Wildman–Crippen MR) is 86.8 cm³/mol. The van der Waals surface area contributed by atoms with Crippen LogP contribution in [0.4, 0.5) is 0 Å². The lowest BCUT2D eigenvalue weighted by atomic mass is 10.3. The molecular weight excluding hydrogens is 403 g/mol. The number of carbonyl (C=O) groups excluding carboxylic acids is 1. The van der Waals surface area contributed by atoms with Gasteiger partial charge in [-0.1, -0.05) is 75.8 Å². The first-order valence-electron chi connectivity index (χ1n) is 5.23. The lowest BCUT2D eigenvalue weighted by Gasteiger charge is -2.34. The highest BCUT2D eigenvalue weighted by molar-refractivity contribution is 8.03.